The van der Waals surface area contributed by atoms with E-state index in [-0.39, 0.29) is 5.91 Å². The highest BCUT2D eigenvalue weighted by atomic mass is 16.1. The molecule has 0 unspecified atom stereocenters. The molecule has 0 spiro atoms. The van der Waals surface area contributed by atoms with Crippen LogP contribution in [0.15, 0.2) is 48.5 Å². The third-order valence-electron chi connectivity index (χ3n) is 5.27. The summed E-state index contributed by atoms with van der Waals surface area (Å²) >= 11 is 0. The zero-order chi connectivity index (χ0) is 18.5. The Balaban J connectivity index is 1.63. The fraction of sp³-hybridized carbons (Fsp3) is 0.227. The number of hydrogen-bond donors (Lipinski definition) is 1. The fourth-order valence-electron chi connectivity index (χ4n) is 3.76. The molecular weight excluding hydrogens is 336 g/mol. The van der Waals surface area contributed by atoms with E-state index in [1.807, 2.05) is 62.5 Å². The lowest BCUT2D eigenvalue weighted by molar-refractivity contribution is 0.102. The summed E-state index contributed by atoms with van der Waals surface area (Å²) in [5.41, 5.74) is 4.07. The lowest BCUT2D eigenvalue weighted by atomic mass is 10.1. The summed E-state index contributed by atoms with van der Waals surface area (Å²) in [6, 6.07) is 16.0. The summed E-state index contributed by atoms with van der Waals surface area (Å²) in [7, 11) is 1.88. The van der Waals surface area contributed by atoms with Crippen LogP contribution in [0.4, 0.5) is 5.69 Å². The van der Waals surface area contributed by atoms with Crippen molar-refractivity contribution in [2.45, 2.75) is 25.7 Å². The van der Waals surface area contributed by atoms with Gasteiger partial charge in [0.05, 0.1) is 16.6 Å². The second-order valence-electron chi connectivity index (χ2n) is 7.26. The number of fused-ring (bicyclic) bond motifs is 2. The predicted molar refractivity (Wildman–Crippen MR) is 107 cm³/mol. The number of pyridine rings is 1. The molecule has 27 heavy (non-hydrogen) atoms. The van der Waals surface area contributed by atoms with Gasteiger partial charge in [-0.25, -0.2) is 4.98 Å². The second-order valence-corrected chi connectivity index (χ2v) is 7.26. The monoisotopic (exact) mass is 356 g/mol. The van der Waals surface area contributed by atoms with E-state index in [1.54, 1.807) is 4.68 Å². The van der Waals surface area contributed by atoms with Crippen molar-refractivity contribution in [3.05, 3.63) is 65.5 Å². The Hall–Kier alpha value is -3.21. The van der Waals surface area contributed by atoms with Crippen LogP contribution >= 0.6 is 0 Å². The van der Waals surface area contributed by atoms with Crippen LogP contribution < -0.4 is 5.32 Å². The molecule has 4 aromatic rings. The smallest absolute Gasteiger partial charge is 0.256 e. The van der Waals surface area contributed by atoms with E-state index in [1.165, 1.54) is 0 Å². The van der Waals surface area contributed by atoms with Gasteiger partial charge in [-0.1, -0.05) is 36.4 Å². The molecule has 2 aromatic heterocycles. The Morgan fingerprint density at radius 1 is 1.15 bits per heavy atom. The van der Waals surface area contributed by atoms with Gasteiger partial charge >= 0.3 is 0 Å². The summed E-state index contributed by atoms with van der Waals surface area (Å²) in [5, 5.41) is 10.6. The third-order valence-corrected chi connectivity index (χ3v) is 5.27. The van der Waals surface area contributed by atoms with Crippen molar-refractivity contribution in [1.82, 2.24) is 14.8 Å². The second kappa shape index (κ2) is 5.91. The molecular formula is C22H20N4O. The summed E-state index contributed by atoms with van der Waals surface area (Å²) in [6.45, 7) is 1.93. The van der Waals surface area contributed by atoms with Crippen LogP contribution in [0.3, 0.4) is 0 Å². The number of aryl methyl sites for hydroxylation is 2. The van der Waals surface area contributed by atoms with Crippen LogP contribution in [0.2, 0.25) is 0 Å². The number of amides is 1. The van der Waals surface area contributed by atoms with Crippen LogP contribution in [-0.2, 0) is 7.05 Å². The molecule has 1 fully saturated rings. The number of anilines is 1. The molecule has 1 aliphatic rings. The number of nitrogens with one attached hydrogen (secondary N) is 1. The standard InChI is InChI=1S/C22H20N4O/c1-13-20-17(12-19(15-10-11-15)23-21(20)26(2)25-13)22(27)24-18-9-5-7-14-6-3-4-8-16(14)18/h3-9,12,15H,10-11H2,1-2H3,(H,24,27). The van der Waals surface area contributed by atoms with Gasteiger partial charge in [-0.3, -0.25) is 9.48 Å². The molecule has 1 aliphatic carbocycles. The van der Waals surface area contributed by atoms with Crippen molar-refractivity contribution in [2.75, 3.05) is 5.32 Å². The molecule has 2 heterocycles. The minimum atomic E-state index is -0.114. The van der Waals surface area contributed by atoms with Gasteiger partial charge in [0.15, 0.2) is 5.65 Å². The van der Waals surface area contributed by atoms with E-state index in [2.05, 4.69) is 10.4 Å². The van der Waals surface area contributed by atoms with Gasteiger partial charge in [0.2, 0.25) is 0 Å². The van der Waals surface area contributed by atoms with E-state index in [9.17, 15) is 4.79 Å². The van der Waals surface area contributed by atoms with Crippen LogP contribution in [0, 0.1) is 6.92 Å². The molecule has 5 heteroatoms. The van der Waals surface area contributed by atoms with Crippen LogP contribution in [0.5, 0.6) is 0 Å². The third kappa shape index (κ3) is 2.67. The quantitative estimate of drug-likeness (QED) is 0.585. The van der Waals surface area contributed by atoms with Crippen molar-refractivity contribution in [3.63, 3.8) is 0 Å². The topological polar surface area (TPSA) is 59.8 Å². The molecule has 1 N–H and O–H groups in total. The summed E-state index contributed by atoms with van der Waals surface area (Å²) < 4.78 is 1.77. The van der Waals surface area contributed by atoms with Gasteiger partial charge in [-0.2, -0.15) is 5.10 Å². The number of nitrogens with zero attached hydrogens (tertiary/aromatic N) is 3. The van der Waals surface area contributed by atoms with Crippen LogP contribution in [-0.4, -0.2) is 20.7 Å². The molecule has 134 valence electrons. The van der Waals surface area contributed by atoms with Gasteiger partial charge in [0.1, 0.15) is 0 Å². The first-order valence-electron chi connectivity index (χ1n) is 9.25. The summed E-state index contributed by atoms with van der Waals surface area (Å²) in [5.74, 6) is 0.352. The van der Waals surface area contributed by atoms with Crippen molar-refractivity contribution in [3.8, 4) is 0 Å². The Labute approximate surface area is 157 Å². The molecule has 5 nitrogen and oxygen atoms in total. The Bertz CT molecular complexity index is 1200. The predicted octanol–water partition coefficient (Wildman–Crippen LogP) is 4.56. The zero-order valence-electron chi connectivity index (χ0n) is 15.4. The van der Waals surface area contributed by atoms with E-state index in [4.69, 9.17) is 4.98 Å². The highest BCUT2D eigenvalue weighted by Gasteiger charge is 2.28. The average molecular weight is 356 g/mol. The molecule has 0 aliphatic heterocycles. The lowest BCUT2D eigenvalue weighted by Gasteiger charge is -2.11. The van der Waals surface area contributed by atoms with E-state index in [0.29, 0.717) is 11.5 Å². The minimum Gasteiger partial charge on any atom is -0.321 e. The maximum Gasteiger partial charge on any atom is 0.256 e. The molecule has 0 atom stereocenters. The van der Waals surface area contributed by atoms with Gasteiger partial charge < -0.3 is 5.32 Å². The molecule has 1 saturated carbocycles. The highest BCUT2D eigenvalue weighted by Crippen LogP contribution is 2.40. The molecule has 0 bridgehead atoms. The molecule has 2 aromatic carbocycles. The molecule has 1 amide bonds. The first-order valence-corrected chi connectivity index (χ1v) is 9.25. The number of aromatic nitrogens is 3. The first kappa shape index (κ1) is 16.0. The summed E-state index contributed by atoms with van der Waals surface area (Å²) in [6.07, 6.45) is 2.28. The molecule has 0 radical (unpaired) electrons. The Morgan fingerprint density at radius 3 is 2.74 bits per heavy atom. The van der Waals surface area contributed by atoms with Crippen molar-refractivity contribution in [1.29, 1.82) is 0 Å². The van der Waals surface area contributed by atoms with Crippen LogP contribution in [0.25, 0.3) is 21.8 Å². The van der Waals surface area contributed by atoms with E-state index < -0.39 is 0 Å². The maximum atomic E-state index is 13.3. The highest BCUT2D eigenvalue weighted by molar-refractivity contribution is 6.15. The normalized spacial score (nSPS) is 14.0. The summed E-state index contributed by atoms with van der Waals surface area (Å²) in [4.78, 5) is 18.0. The van der Waals surface area contributed by atoms with Gasteiger partial charge in [-0.15, -0.1) is 0 Å². The number of carbonyl (C=O) groups is 1. The Kier molecular flexibility index (Phi) is 3.50. The molecule has 5 rings (SSSR count). The SMILES string of the molecule is Cc1nn(C)c2nc(C3CC3)cc(C(=O)Nc3cccc4ccccc34)c12. The lowest BCUT2D eigenvalue weighted by Crippen LogP contribution is -2.14. The number of carbonyl (C=O) groups excluding carboxylic acids is 1. The zero-order valence-corrected chi connectivity index (χ0v) is 15.4. The first-order chi connectivity index (χ1) is 13.1. The number of rotatable bonds is 3. The van der Waals surface area contributed by atoms with Crippen molar-refractivity contribution < 1.29 is 4.79 Å². The Morgan fingerprint density at radius 2 is 1.93 bits per heavy atom. The maximum absolute atomic E-state index is 13.3. The fourth-order valence-corrected chi connectivity index (χ4v) is 3.76. The molecule has 0 saturated heterocycles. The largest absolute Gasteiger partial charge is 0.321 e. The van der Waals surface area contributed by atoms with Gasteiger partial charge in [0, 0.05) is 29.7 Å². The van der Waals surface area contributed by atoms with Crippen molar-refractivity contribution >= 4 is 33.4 Å². The average Bonchev–Trinajstić information content (AvgIpc) is 3.48. The van der Waals surface area contributed by atoms with Crippen molar-refractivity contribution in [2.24, 2.45) is 7.05 Å². The van der Waals surface area contributed by atoms with E-state index in [0.717, 1.165) is 51.7 Å². The van der Waals surface area contributed by atoms with Gasteiger partial charge in [0.25, 0.3) is 5.91 Å². The number of hydrogen-bond acceptors (Lipinski definition) is 3. The van der Waals surface area contributed by atoms with Crippen LogP contribution in [0.1, 0.15) is 40.5 Å². The van der Waals surface area contributed by atoms with Gasteiger partial charge in [-0.05, 0) is 37.3 Å². The van der Waals surface area contributed by atoms with E-state index >= 15 is 0 Å². The number of benzene rings is 2. The minimum absolute atomic E-state index is 0.114.